The van der Waals surface area contributed by atoms with E-state index in [1.807, 2.05) is 23.1 Å². The van der Waals surface area contributed by atoms with Crippen LogP contribution in [0.5, 0.6) is 10.9 Å². The summed E-state index contributed by atoms with van der Waals surface area (Å²) in [4.78, 5) is 19.2. The summed E-state index contributed by atoms with van der Waals surface area (Å²) in [6, 6.07) is 5.90. The fourth-order valence-electron chi connectivity index (χ4n) is 4.39. The van der Waals surface area contributed by atoms with Gasteiger partial charge in [0.05, 0.1) is 17.3 Å². The molecule has 1 aliphatic carbocycles. The van der Waals surface area contributed by atoms with Crippen LogP contribution < -0.4 is 9.47 Å². The van der Waals surface area contributed by atoms with Crippen LogP contribution in [-0.2, 0) is 4.79 Å². The van der Waals surface area contributed by atoms with Crippen LogP contribution in [0.2, 0.25) is 0 Å². The van der Waals surface area contributed by atoms with Crippen LogP contribution >= 0.6 is 11.3 Å². The minimum Gasteiger partial charge on any atom is -0.497 e. The Kier molecular flexibility index (Phi) is 6.35. The van der Waals surface area contributed by atoms with Gasteiger partial charge in [0.1, 0.15) is 11.9 Å². The van der Waals surface area contributed by atoms with Crippen LogP contribution in [0.1, 0.15) is 57.8 Å². The zero-order valence-corrected chi connectivity index (χ0v) is 17.5. The molecule has 0 spiro atoms. The van der Waals surface area contributed by atoms with E-state index in [2.05, 4.69) is 4.98 Å². The molecule has 2 aromatic rings. The molecule has 6 heteroatoms. The van der Waals surface area contributed by atoms with Crippen molar-refractivity contribution in [2.24, 2.45) is 5.92 Å². The number of amides is 1. The second kappa shape index (κ2) is 9.12. The number of carbonyl (C=O) groups excluding carboxylic acids is 1. The summed E-state index contributed by atoms with van der Waals surface area (Å²) < 4.78 is 12.5. The number of likely N-dealkylation sites (tertiary alicyclic amines) is 1. The second-order valence-corrected chi connectivity index (χ2v) is 9.05. The van der Waals surface area contributed by atoms with Gasteiger partial charge in [0.25, 0.3) is 5.19 Å². The summed E-state index contributed by atoms with van der Waals surface area (Å²) in [5, 5.41) is 0.713. The smallest absolute Gasteiger partial charge is 0.274 e. The monoisotopic (exact) mass is 402 g/mol. The molecular formula is C22H30N2O3S. The number of rotatable bonds is 6. The van der Waals surface area contributed by atoms with E-state index >= 15 is 0 Å². The molecule has 0 unspecified atom stereocenters. The number of fused-ring (bicyclic) bond motifs is 1. The van der Waals surface area contributed by atoms with Crippen molar-refractivity contribution in [3.63, 3.8) is 0 Å². The van der Waals surface area contributed by atoms with Gasteiger partial charge in [0, 0.05) is 38.4 Å². The van der Waals surface area contributed by atoms with E-state index in [-0.39, 0.29) is 6.10 Å². The Labute approximate surface area is 171 Å². The summed E-state index contributed by atoms with van der Waals surface area (Å²) in [7, 11) is 1.66. The molecule has 0 bridgehead atoms. The number of benzene rings is 1. The van der Waals surface area contributed by atoms with Gasteiger partial charge < -0.3 is 14.4 Å². The van der Waals surface area contributed by atoms with Gasteiger partial charge in [0.2, 0.25) is 5.91 Å². The van der Waals surface area contributed by atoms with Crippen molar-refractivity contribution in [1.29, 1.82) is 0 Å². The lowest BCUT2D eigenvalue weighted by Gasteiger charge is -2.32. The highest BCUT2D eigenvalue weighted by atomic mass is 32.1. The Morgan fingerprint density at radius 2 is 1.96 bits per heavy atom. The predicted molar refractivity (Wildman–Crippen MR) is 112 cm³/mol. The lowest BCUT2D eigenvalue weighted by atomic mass is 9.86. The lowest BCUT2D eigenvalue weighted by Crippen LogP contribution is -2.41. The van der Waals surface area contributed by atoms with E-state index < -0.39 is 0 Å². The van der Waals surface area contributed by atoms with E-state index in [1.165, 1.54) is 32.1 Å². The van der Waals surface area contributed by atoms with E-state index in [1.54, 1.807) is 18.4 Å². The van der Waals surface area contributed by atoms with E-state index in [0.29, 0.717) is 11.1 Å². The molecule has 1 saturated heterocycles. The normalized spacial score (nSPS) is 19.1. The zero-order valence-electron chi connectivity index (χ0n) is 16.7. The lowest BCUT2D eigenvalue weighted by molar-refractivity contribution is -0.133. The number of piperidine rings is 1. The van der Waals surface area contributed by atoms with Gasteiger partial charge in [-0.1, -0.05) is 43.4 Å². The molecule has 1 aliphatic heterocycles. The first-order chi connectivity index (χ1) is 13.7. The minimum atomic E-state index is 0.143. The number of methoxy groups -OCH3 is 1. The van der Waals surface area contributed by atoms with Crippen LogP contribution in [-0.4, -0.2) is 42.1 Å². The maximum Gasteiger partial charge on any atom is 0.274 e. The Balaban J connectivity index is 1.24. The number of hydrogen-bond donors (Lipinski definition) is 0. The molecule has 28 heavy (non-hydrogen) atoms. The molecule has 1 saturated carbocycles. The molecule has 0 N–H and O–H groups in total. The Bertz CT molecular complexity index is 792. The molecule has 0 atom stereocenters. The number of nitrogens with zero attached hydrogens (tertiary/aromatic N) is 2. The van der Waals surface area contributed by atoms with E-state index in [9.17, 15) is 4.79 Å². The van der Waals surface area contributed by atoms with Crippen molar-refractivity contribution in [3.8, 4) is 10.9 Å². The van der Waals surface area contributed by atoms with Gasteiger partial charge in [-0.3, -0.25) is 4.79 Å². The maximum atomic E-state index is 12.5. The van der Waals surface area contributed by atoms with Crippen LogP contribution in [0.4, 0.5) is 0 Å². The highest BCUT2D eigenvalue weighted by Gasteiger charge is 2.25. The van der Waals surface area contributed by atoms with Crippen LogP contribution in [0.3, 0.4) is 0 Å². The quantitative estimate of drug-likeness (QED) is 0.680. The molecular weight excluding hydrogens is 372 g/mol. The summed E-state index contributed by atoms with van der Waals surface area (Å²) in [5.74, 6) is 1.91. The van der Waals surface area contributed by atoms with Crippen molar-refractivity contribution >= 4 is 27.5 Å². The van der Waals surface area contributed by atoms with Crippen LogP contribution in [0.25, 0.3) is 10.2 Å². The first-order valence-electron chi connectivity index (χ1n) is 10.6. The number of hydrogen-bond acceptors (Lipinski definition) is 5. The van der Waals surface area contributed by atoms with E-state index in [4.69, 9.17) is 9.47 Å². The molecule has 2 fully saturated rings. The zero-order chi connectivity index (χ0) is 19.3. The fourth-order valence-corrected chi connectivity index (χ4v) is 5.25. The third kappa shape index (κ3) is 4.77. The molecule has 0 radical (unpaired) electrons. The Hall–Kier alpha value is -1.82. The number of aromatic nitrogens is 1. The molecule has 2 aliphatic rings. The Morgan fingerprint density at radius 1 is 1.18 bits per heavy atom. The summed E-state index contributed by atoms with van der Waals surface area (Å²) in [5.41, 5.74) is 0.912. The van der Waals surface area contributed by atoms with Crippen molar-refractivity contribution < 1.29 is 14.3 Å². The predicted octanol–water partition coefficient (Wildman–Crippen LogP) is 5.04. The molecule has 1 aromatic carbocycles. The van der Waals surface area contributed by atoms with Crippen molar-refractivity contribution in [2.45, 2.75) is 63.9 Å². The summed E-state index contributed by atoms with van der Waals surface area (Å²) in [6.07, 6.45) is 10.4. The number of carbonyl (C=O) groups is 1. The molecule has 1 amide bonds. The summed E-state index contributed by atoms with van der Waals surface area (Å²) >= 11 is 1.57. The molecule has 4 rings (SSSR count). The van der Waals surface area contributed by atoms with Crippen molar-refractivity contribution in [1.82, 2.24) is 9.88 Å². The fraction of sp³-hybridized carbons (Fsp3) is 0.636. The molecule has 152 valence electrons. The van der Waals surface area contributed by atoms with Gasteiger partial charge in [-0.25, -0.2) is 4.98 Å². The third-order valence-electron chi connectivity index (χ3n) is 6.13. The standard InChI is InChI=1S/C22H30N2O3S/c1-26-18-8-9-20-19(15-18)23-22(28-20)27-17-11-13-24(14-12-17)21(25)10-7-16-5-3-2-4-6-16/h8-9,15-17H,2-7,10-14H2,1H3. The largest absolute Gasteiger partial charge is 0.497 e. The SMILES string of the molecule is COc1ccc2sc(OC3CCN(C(=O)CCC4CCCCC4)CC3)nc2c1. The highest BCUT2D eigenvalue weighted by molar-refractivity contribution is 7.20. The Morgan fingerprint density at radius 3 is 2.71 bits per heavy atom. The van der Waals surface area contributed by atoms with Gasteiger partial charge in [-0.15, -0.1) is 0 Å². The first-order valence-corrected chi connectivity index (χ1v) is 11.4. The van der Waals surface area contributed by atoms with Gasteiger partial charge in [-0.2, -0.15) is 0 Å². The average molecular weight is 403 g/mol. The number of thiazole rings is 1. The van der Waals surface area contributed by atoms with Crippen LogP contribution in [0, 0.1) is 5.92 Å². The molecule has 2 heterocycles. The maximum absolute atomic E-state index is 12.5. The highest BCUT2D eigenvalue weighted by Crippen LogP contribution is 2.32. The van der Waals surface area contributed by atoms with Gasteiger partial charge >= 0.3 is 0 Å². The van der Waals surface area contributed by atoms with Crippen molar-refractivity contribution in [2.75, 3.05) is 20.2 Å². The minimum absolute atomic E-state index is 0.143. The molecule has 5 nitrogen and oxygen atoms in total. The second-order valence-electron chi connectivity index (χ2n) is 8.05. The summed E-state index contributed by atoms with van der Waals surface area (Å²) in [6.45, 7) is 1.60. The van der Waals surface area contributed by atoms with Crippen molar-refractivity contribution in [3.05, 3.63) is 18.2 Å². The van der Waals surface area contributed by atoms with Gasteiger partial charge in [-0.05, 0) is 24.5 Å². The van der Waals surface area contributed by atoms with Gasteiger partial charge in [0.15, 0.2) is 0 Å². The third-order valence-corrected chi connectivity index (χ3v) is 7.06. The topological polar surface area (TPSA) is 51.7 Å². The van der Waals surface area contributed by atoms with E-state index in [0.717, 1.165) is 60.7 Å². The number of ether oxygens (including phenoxy) is 2. The molecule has 1 aromatic heterocycles. The van der Waals surface area contributed by atoms with Crippen LogP contribution in [0.15, 0.2) is 18.2 Å². The first kappa shape index (κ1) is 19.5. The average Bonchev–Trinajstić information content (AvgIpc) is 3.14.